The van der Waals surface area contributed by atoms with E-state index in [4.69, 9.17) is 15.2 Å². The van der Waals surface area contributed by atoms with Gasteiger partial charge in [-0.1, -0.05) is 48.5 Å². The fourth-order valence-electron chi connectivity index (χ4n) is 2.38. The van der Waals surface area contributed by atoms with Crippen LogP contribution in [0.25, 0.3) is 0 Å². The van der Waals surface area contributed by atoms with E-state index in [-0.39, 0.29) is 30.4 Å². The van der Waals surface area contributed by atoms with Gasteiger partial charge in [0.25, 0.3) is 0 Å². The summed E-state index contributed by atoms with van der Waals surface area (Å²) in [7, 11) is 0. The standard InChI is InChI=1S/C20H25NO3.ClH/c1-15(21)20(22)24-16(2)18(13-17-9-5-3-6-10-17)14-23-19-11-7-4-8-12-19;/h3-12,15-16,18H,13-14,21H2,1-2H3;1H/t15?,16-,18+;/m0./s1. The Hall–Kier alpha value is -2.04. The number of benzene rings is 2. The summed E-state index contributed by atoms with van der Waals surface area (Å²) in [6.07, 6.45) is 0.480. The Kier molecular flexibility index (Phi) is 9.03. The monoisotopic (exact) mass is 363 g/mol. The number of hydrogen-bond acceptors (Lipinski definition) is 4. The summed E-state index contributed by atoms with van der Waals surface area (Å²) in [6.45, 7) is 3.98. The van der Waals surface area contributed by atoms with E-state index >= 15 is 0 Å². The Morgan fingerprint density at radius 3 is 2.12 bits per heavy atom. The molecule has 0 amide bonds. The second-order valence-corrected chi connectivity index (χ2v) is 6.00. The van der Waals surface area contributed by atoms with Crippen LogP contribution in [0.1, 0.15) is 19.4 Å². The van der Waals surface area contributed by atoms with E-state index < -0.39 is 6.04 Å². The molecule has 5 heteroatoms. The van der Waals surface area contributed by atoms with Gasteiger partial charge in [-0.3, -0.25) is 4.79 Å². The maximum atomic E-state index is 11.8. The van der Waals surface area contributed by atoms with Crippen LogP contribution in [-0.4, -0.2) is 24.7 Å². The first-order chi connectivity index (χ1) is 11.6. The maximum Gasteiger partial charge on any atom is 0.322 e. The molecule has 2 aromatic carbocycles. The van der Waals surface area contributed by atoms with Crippen molar-refractivity contribution in [2.75, 3.05) is 6.61 Å². The number of ether oxygens (including phenoxy) is 2. The molecule has 0 fully saturated rings. The third-order valence-corrected chi connectivity index (χ3v) is 3.89. The summed E-state index contributed by atoms with van der Waals surface area (Å²) in [4.78, 5) is 11.8. The molecule has 0 aromatic heterocycles. The topological polar surface area (TPSA) is 61.6 Å². The SMILES string of the molecule is CC(N)C(=O)O[C@@H](C)[C@@H](COc1ccccc1)Cc1ccccc1.Cl. The van der Waals surface area contributed by atoms with Crippen LogP contribution in [0.5, 0.6) is 5.75 Å². The van der Waals surface area contributed by atoms with Crippen LogP contribution in [-0.2, 0) is 16.0 Å². The quantitative estimate of drug-likeness (QED) is 0.727. The van der Waals surface area contributed by atoms with E-state index in [2.05, 4.69) is 12.1 Å². The van der Waals surface area contributed by atoms with Gasteiger partial charge in [-0.2, -0.15) is 0 Å². The maximum absolute atomic E-state index is 11.8. The molecule has 1 unspecified atom stereocenters. The van der Waals surface area contributed by atoms with Gasteiger partial charge in [0.05, 0.1) is 6.61 Å². The molecule has 2 N–H and O–H groups in total. The highest BCUT2D eigenvalue weighted by Crippen LogP contribution is 2.18. The van der Waals surface area contributed by atoms with Gasteiger partial charge in [0, 0.05) is 5.92 Å². The lowest BCUT2D eigenvalue weighted by Crippen LogP contribution is -2.36. The van der Waals surface area contributed by atoms with Crippen molar-refractivity contribution in [3.05, 3.63) is 66.2 Å². The molecule has 136 valence electrons. The lowest BCUT2D eigenvalue weighted by Gasteiger charge is -2.25. The molecule has 0 saturated carbocycles. The van der Waals surface area contributed by atoms with E-state index in [1.165, 1.54) is 5.56 Å². The molecule has 0 aliphatic carbocycles. The number of esters is 1. The van der Waals surface area contributed by atoms with Gasteiger partial charge in [0.15, 0.2) is 0 Å². The molecular weight excluding hydrogens is 338 g/mol. The van der Waals surface area contributed by atoms with Crippen molar-refractivity contribution in [2.45, 2.75) is 32.4 Å². The fraction of sp³-hybridized carbons (Fsp3) is 0.350. The van der Waals surface area contributed by atoms with Crippen molar-refractivity contribution in [2.24, 2.45) is 11.7 Å². The van der Waals surface area contributed by atoms with Crippen LogP contribution in [0, 0.1) is 5.92 Å². The minimum absolute atomic E-state index is 0. The first kappa shape index (κ1) is 21.0. The summed E-state index contributed by atoms with van der Waals surface area (Å²) >= 11 is 0. The number of carbonyl (C=O) groups is 1. The normalized spacial score (nSPS) is 13.9. The van der Waals surface area contributed by atoms with E-state index in [0.717, 1.165) is 12.2 Å². The molecule has 0 bridgehead atoms. The van der Waals surface area contributed by atoms with E-state index in [9.17, 15) is 4.79 Å². The smallest absolute Gasteiger partial charge is 0.322 e. The van der Waals surface area contributed by atoms with Gasteiger partial charge >= 0.3 is 5.97 Å². The van der Waals surface area contributed by atoms with Crippen molar-refractivity contribution in [3.8, 4) is 5.75 Å². The Morgan fingerprint density at radius 1 is 1.00 bits per heavy atom. The largest absolute Gasteiger partial charge is 0.493 e. The number of halogens is 1. The van der Waals surface area contributed by atoms with Crippen molar-refractivity contribution >= 4 is 18.4 Å². The van der Waals surface area contributed by atoms with Gasteiger partial charge in [0.2, 0.25) is 0 Å². The van der Waals surface area contributed by atoms with Crippen LogP contribution in [0.4, 0.5) is 0 Å². The van der Waals surface area contributed by atoms with Gasteiger partial charge < -0.3 is 15.2 Å². The second kappa shape index (κ2) is 10.7. The Labute approximate surface area is 155 Å². The minimum atomic E-state index is -0.625. The van der Waals surface area contributed by atoms with Crippen LogP contribution in [0.2, 0.25) is 0 Å². The molecule has 4 nitrogen and oxygen atoms in total. The predicted molar refractivity (Wildman–Crippen MR) is 102 cm³/mol. The molecular formula is C20H26ClNO3. The zero-order chi connectivity index (χ0) is 17.4. The molecule has 0 heterocycles. The molecule has 0 spiro atoms. The van der Waals surface area contributed by atoms with Gasteiger partial charge in [0.1, 0.15) is 17.9 Å². The minimum Gasteiger partial charge on any atom is -0.493 e. The lowest BCUT2D eigenvalue weighted by molar-refractivity contribution is -0.152. The number of carbonyl (C=O) groups excluding carboxylic acids is 1. The summed E-state index contributed by atoms with van der Waals surface area (Å²) < 4.78 is 11.4. The Morgan fingerprint density at radius 2 is 1.56 bits per heavy atom. The highest BCUT2D eigenvalue weighted by Gasteiger charge is 2.23. The molecule has 2 rings (SSSR count). The zero-order valence-electron chi connectivity index (χ0n) is 14.6. The van der Waals surface area contributed by atoms with E-state index in [1.807, 2.05) is 55.5 Å². The molecule has 0 saturated heterocycles. The van der Waals surface area contributed by atoms with Crippen LogP contribution in [0.3, 0.4) is 0 Å². The van der Waals surface area contributed by atoms with Crippen molar-refractivity contribution < 1.29 is 14.3 Å². The molecule has 25 heavy (non-hydrogen) atoms. The lowest BCUT2D eigenvalue weighted by atomic mass is 9.95. The highest BCUT2D eigenvalue weighted by molar-refractivity contribution is 5.85. The third-order valence-electron chi connectivity index (χ3n) is 3.89. The van der Waals surface area contributed by atoms with Crippen LogP contribution in [0.15, 0.2) is 60.7 Å². The second-order valence-electron chi connectivity index (χ2n) is 6.00. The first-order valence-electron chi connectivity index (χ1n) is 8.24. The van der Waals surface area contributed by atoms with Gasteiger partial charge in [-0.05, 0) is 38.0 Å². The van der Waals surface area contributed by atoms with E-state index in [0.29, 0.717) is 6.61 Å². The van der Waals surface area contributed by atoms with Crippen LogP contribution >= 0.6 is 12.4 Å². The predicted octanol–water partition coefficient (Wildman–Crippen LogP) is 3.63. The summed E-state index contributed by atoms with van der Waals surface area (Å²) in [5.74, 6) is 0.455. The zero-order valence-corrected chi connectivity index (χ0v) is 15.4. The number of nitrogens with two attached hydrogens (primary N) is 1. The average Bonchev–Trinajstić information content (AvgIpc) is 2.60. The summed E-state index contributed by atoms with van der Waals surface area (Å²) in [6, 6.07) is 19.1. The summed E-state index contributed by atoms with van der Waals surface area (Å²) in [5, 5.41) is 0. The van der Waals surface area contributed by atoms with E-state index in [1.54, 1.807) is 6.92 Å². The third kappa shape index (κ3) is 7.16. The molecule has 0 aliphatic heterocycles. The highest BCUT2D eigenvalue weighted by atomic mass is 35.5. The summed E-state index contributed by atoms with van der Waals surface area (Å²) in [5.41, 5.74) is 6.78. The molecule has 3 atom stereocenters. The average molecular weight is 364 g/mol. The number of rotatable bonds is 8. The fourth-order valence-corrected chi connectivity index (χ4v) is 2.38. The Bertz CT molecular complexity index is 619. The van der Waals surface area contributed by atoms with Crippen LogP contribution < -0.4 is 10.5 Å². The van der Waals surface area contributed by atoms with Crippen molar-refractivity contribution in [1.29, 1.82) is 0 Å². The van der Waals surface area contributed by atoms with Crippen molar-refractivity contribution in [1.82, 2.24) is 0 Å². The molecule has 0 radical (unpaired) electrons. The number of para-hydroxylation sites is 1. The first-order valence-corrected chi connectivity index (χ1v) is 8.24. The number of hydrogen-bond donors (Lipinski definition) is 1. The Balaban J connectivity index is 0.00000312. The van der Waals surface area contributed by atoms with Gasteiger partial charge in [-0.15, -0.1) is 12.4 Å². The molecule has 2 aromatic rings. The van der Waals surface area contributed by atoms with Gasteiger partial charge in [-0.25, -0.2) is 0 Å². The van der Waals surface area contributed by atoms with Crippen molar-refractivity contribution in [3.63, 3.8) is 0 Å². The molecule has 0 aliphatic rings.